The zero-order valence-corrected chi connectivity index (χ0v) is 11.9. The largest absolute Gasteiger partial charge is 0.460 e. The zero-order valence-electron chi connectivity index (χ0n) is 11.9. The number of rotatable bonds is 0. The molecule has 4 heteroatoms. The van der Waals surface area contributed by atoms with Gasteiger partial charge in [-0.2, -0.15) is 0 Å². The summed E-state index contributed by atoms with van der Waals surface area (Å²) >= 11 is 0. The number of esters is 1. The van der Waals surface area contributed by atoms with Crippen molar-refractivity contribution in [1.82, 2.24) is 0 Å². The lowest BCUT2D eigenvalue weighted by Crippen LogP contribution is -2.21. The number of aliphatic hydroxyl groups excluding tert-OH is 2. The maximum absolute atomic E-state index is 11.6. The van der Waals surface area contributed by atoms with E-state index in [1.54, 1.807) is 0 Å². The predicted molar refractivity (Wildman–Crippen MR) is 75.9 cm³/mol. The molecule has 1 aliphatic heterocycles. The van der Waals surface area contributed by atoms with Crippen LogP contribution in [0.25, 0.3) is 0 Å². The molecule has 0 aromatic rings. The Morgan fingerprint density at radius 2 is 2.05 bits per heavy atom. The van der Waals surface area contributed by atoms with E-state index in [9.17, 15) is 15.0 Å². The highest BCUT2D eigenvalue weighted by atomic mass is 16.5. The van der Waals surface area contributed by atoms with Crippen molar-refractivity contribution in [2.75, 3.05) is 0 Å². The third-order valence-corrected chi connectivity index (χ3v) is 4.19. The van der Waals surface area contributed by atoms with Gasteiger partial charge in [0.1, 0.15) is 0 Å². The van der Waals surface area contributed by atoms with Gasteiger partial charge in [0, 0.05) is 6.08 Å². The maximum Gasteiger partial charge on any atom is 0.330 e. The molecule has 0 aromatic carbocycles. The summed E-state index contributed by atoms with van der Waals surface area (Å²) in [7, 11) is 0. The molecule has 0 aromatic heterocycles. The van der Waals surface area contributed by atoms with Gasteiger partial charge in [0.25, 0.3) is 0 Å². The molecular weight excluding hydrogens is 256 g/mol. The number of fused-ring (bicyclic) bond motifs is 1. The zero-order chi connectivity index (χ0) is 14.5. The molecule has 2 rings (SSSR count). The summed E-state index contributed by atoms with van der Waals surface area (Å²) < 4.78 is 5.23. The summed E-state index contributed by atoms with van der Waals surface area (Å²) in [5, 5.41) is 20.0. The molecule has 1 fully saturated rings. The Bertz CT molecular complexity index is 388. The Hall–Kier alpha value is -1.13. The first kappa shape index (κ1) is 15.3. The number of ether oxygens (including phenoxy) is 1. The van der Waals surface area contributed by atoms with Crippen LogP contribution in [-0.2, 0) is 9.53 Å². The number of hydrogen-bond donors (Lipinski definition) is 2. The lowest BCUT2D eigenvalue weighted by molar-refractivity contribution is -0.142. The van der Waals surface area contributed by atoms with Gasteiger partial charge in [-0.3, -0.25) is 0 Å². The molecule has 1 saturated carbocycles. The second-order valence-electron chi connectivity index (χ2n) is 5.91. The minimum atomic E-state index is -0.717. The third kappa shape index (κ3) is 4.18. The first-order valence-corrected chi connectivity index (χ1v) is 7.48. The van der Waals surface area contributed by atoms with Crippen molar-refractivity contribution in [2.45, 2.75) is 57.3 Å². The molecule has 112 valence electrons. The Balaban J connectivity index is 2.11. The molecule has 0 unspecified atom stereocenters. The second-order valence-corrected chi connectivity index (χ2v) is 5.91. The lowest BCUT2D eigenvalue weighted by Gasteiger charge is -2.19. The van der Waals surface area contributed by atoms with Crippen LogP contribution < -0.4 is 0 Å². The Kier molecular flexibility index (Phi) is 5.38. The van der Waals surface area contributed by atoms with Gasteiger partial charge < -0.3 is 14.9 Å². The van der Waals surface area contributed by atoms with Crippen molar-refractivity contribution in [3.8, 4) is 0 Å². The Labute approximate surface area is 120 Å². The molecule has 1 heterocycles. The number of aliphatic hydroxyl groups is 2. The van der Waals surface area contributed by atoms with Gasteiger partial charge in [0.2, 0.25) is 0 Å². The van der Waals surface area contributed by atoms with Crippen LogP contribution in [0.3, 0.4) is 0 Å². The molecule has 5 atom stereocenters. The highest BCUT2D eigenvalue weighted by Gasteiger charge is 2.35. The molecule has 20 heavy (non-hydrogen) atoms. The number of cyclic esters (lactones) is 1. The van der Waals surface area contributed by atoms with Gasteiger partial charge in [0.15, 0.2) is 0 Å². The standard InChI is InChI=1S/C16H24O4/c1-11-5-3-2-4-6-12-9-13(17)10-14(12)15(18)7-8-16(19)20-11/h4,6-8,11-15,17-18H,2-3,5,9-10H2,1H3/b6-4+,8-7+/t11-,12-,13+,14-,15-/m1/s1. The average Bonchev–Trinajstić information content (AvgIpc) is 2.76. The van der Waals surface area contributed by atoms with Crippen molar-refractivity contribution >= 4 is 5.97 Å². The van der Waals surface area contributed by atoms with Crippen LogP contribution in [0.5, 0.6) is 0 Å². The van der Waals surface area contributed by atoms with Gasteiger partial charge in [-0.1, -0.05) is 12.2 Å². The minimum Gasteiger partial charge on any atom is -0.460 e. The van der Waals surface area contributed by atoms with Crippen LogP contribution in [0.2, 0.25) is 0 Å². The summed E-state index contributed by atoms with van der Waals surface area (Å²) in [6.45, 7) is 1.89. The van der Waals surface area contributed by atoms with Crippen molar-refractivity contribution in [3.63, 3.8) is 0 Å². The quantitative estimate of drug-likeness (QED) is 0.526. The molecule has 0 spiro atoms. The van der Waals surface area contributed by atoms with Gasteiger partial charge in [-0.05, 0) is 56.9 Å². The van der Waals surface area contributed by atoms with Gasteiger partial charge >= 0.3 is 5.97 Å². The Morgan fingerprint density at radius 1 is 1.25 bits per heavy atom. The smallest absolute Gasteiger partial charge is 0.330 e. The van der Waals surface area contributed by atoms with Crippen molar-refractivity contribution in [1.29, 1.82) is 0 Å². The van der Waals surface area contributed by atoms with E-state index in [2.05, 4.69) is 12.2 Å². The monoisotopic (exact) mass is 280 g/mol. The Morgan fingerprint density at radius 3 is 2.85 bits per heavy atom. The second kappa shape index (κ2) is 7.04. The van der Waals surface area contributed by atoms with E-state index in [1.165, 1.54) is 12.2 Å². The van der Waals surface area contributed by atoms with Crippen molar-refractivity contribution in [2.24, 2.45) is 11.8 Å². The van der Waals surface area contributed by atoms with E-state index < -0.39 is 12.1 Å². The number of carbonyl (C=O) groups excluding carboxylic acids is 1. The van der Waals surface area contributed by atoms with Crippen molar-refractivity contribution < 1.29 is 19.7 Å². The molecule has 0 bridgehead atoms. The normalized spacial score (nSPS) is 42.5. The van der Waals surface area contributed by atoms with Crippen LogP contribution in [-0.4, -0.2) is 34.5 Å². The summed E-state index contributed by atoms with van der Waals surface area (Å²) in [6, 6.07) is 0. The van der Waals surface area contributed by atoms with E-state index in [-0.39, 0.29) is 24.0 Å². The van der Waals surface area contributed by atoms with Crippen LogP contribution in [0, 0.1) is 11.8 Å². The van der Waals surface area contributed by atoms with E-state index in [0.29, 0.717) is 12.8 Å². The lowest BCUT2D eigenvalue weighted by atomic mass is 9.90. The number of hydrogen-bond acceptors (Lipinski definition) is 4. The molecule has 0 saturated heterocycles. The fourth-order valence-corrected chi connectivity index (χ4v) is 3.10. The number of carbonyl (C=O) groups is 1. The van der Waals surface area contributed by atoms with E-state index >= 15 is 0 Å². The summed E-state index contributed by atoms with van der Waals surface area (Å²) in [5.74, 6) is -0.249. The molecule has 4 nitrogen and oxygen atoms in total. The predicted octanol–water partition coefficient (Wildman–Crippen LogP) is 1.96. The highest BCUT2D eigenvalue weighted by molar-refractivity contribution is 5.82. The summed E-state index contributed by atoms with van der Waals surface area (Å²) in [4.78, 5) is 11.6. The first-order chi connectivity index (χ1) is 9.56. The third-order valence-electron chi connectivity index (χ3n) is 4.19. The minimum absolute atomic E-state index is 0.0246. The topological polar surface area (TPSA) is 66.8 Å². The molecular formula is C16H24O4. The highest BCUT2D eigenvalue weighted by Crippen LogP contribution is 2.36. The molecule has 2 N–H and O–H groups in total. The fraction of sp³-hybridized carbons (Fsp3) is 0.688. The molecule has 2 aliphatic rings. The molecule has 0 radical (unpaired) electrons. The molecule has 0 amide bonds. The summed E-state index contributed by atoms with van der Waals surface area (Å²) in [6.07, 6.45) is 9.87. The van der Waals surface area contributed by atoms with E-state index in [4.69, 9.17) is 4.74 Å². The first-order valence-electron chi connectivity index (χ1n) is 7.48. The van der Waals surface area contributed by atoms with Gasteiger partial charge in [-0.15, -0.1) is 0 Å². The van der Waals surface area contributed by atoms with Crippen molar-refractivity contribution in [3.05, 3.63) is 24.3 Å². The van der Waals surface area contributed by atoms with Crippen LogP contribution in [0.1, 0.15) is 39.0 Å². The van der Waals surface area contributed by atoms with Gasteiger partial charge in [-0.25, -0.2) is 4.79 Å². The summed E-state index contributed by atoms with van der Waals surface area (Å²) in [5.41, 5.74) is 0. The van der Waals surface area contributed by atoms with E-state index in [0.717, 1.165) is 19.3 Å². The fourth-order valence-electron chi connectivity index (χ4n) is 3.10. The molecule has 1 aliphatic carbocycles. The van der Waals surface area contributed by atoms with Crippen LogP contribution in [0.4, 0.5) is 0 Å². The number of allylic oxidation sites excluding steroid dienone is 2. The van der Waals surface area contributed by atoms with Crippen LogP contribution in [0.15, 0.2) is 24.3 Å². The van der Waals surface area contributed by atoms with E-state index in [1.807, 2.05) is 6.92 Å². The SMILES string of the molecule is C[C@@H]1CCC/C=C/[C@@H]2C[C@H](O)C[C@H]2[C@H](O)/C=C/C(=O)O1. The van der Waals surface area contributed by atoms with Gasteiger partial charge in [0.05, 0.1) is 18.3 Å². The maximum atomic E-state index is 11.6. The average molecular weight is 280 g/mol. The van der Waals surface area contributed by atoms with Crippen LogP contribution >= 0.6 is 0 Å².